The molecule has 0 aromatic carbocycles. The van der Waals surface area contributed by atoms with Crippen molar-refractivity contribution in [1.29, 1.82) is 0 Å². The Morgan fingerprint density at radius 1 is 1.16 bits per heavy atom. The molecule has 0 aromatic rings. The highest BCUT2D eigenvalue weighted by Crippen LogP contribution is 2.69. The molecule has 0 N–H and O–H groups in total. The van der Waals surface area contributed by atoms with E-state index in [1.165, 1.54) is 0 Å². The molecule has 113 valence electrons. The zero-order valence-electron chi connectivity index (χ0n) is 12.9. The summed E-state index contributed by atoms with van der Waals surface area (Å²) in [6, 6.07) is 0. The first-order valence-electron chi connectivity index (χ1n) is 7.04. The van der Waals surface area contributed by atoms with Gasteiger partial charge in [-0.05, 0) is 46.5 Å². The smallest absolute Gasteiger partial charge is 0.308 e. The number of rotatable bonds is 6. The van der Waals surface area contributed by atoms with Crippen LogP contribution in [0.5, 0.6) is 0 Å². The highest BCUT2D eigenvalue weighted by molar-refractivity contribution is 7.55. The van der Waals surface area contributed by atoms with Gasteiger partial charge in [0.25, 0.3) is 0 Å². The first kappa shape index (κ1) is 17.1. The predicted octanol–water partition coefficient (Wildman–Crippen LogP) is 3.82. The normalized spacial score (nSPS) is 28.2. The first-order valence-corrected chi connectivity index (χ1v) is 8.59. The van der Waals surface area contributed by atoms with Crippen LogP contribution in [0.1, 0.15) is 54.4 Å². The van der Waals surface area contributed by atoms with Crippen LogP contribution in [-0.2, 0) is 18.8 Å². The number of hydroxylamine groups is 2. The Hall–Kier alpha value is 0.0700. The van der Waals surface area contributed by atoms with Gasteiger partial charge >= 0.3 is 7.60 Å². The summed E-state index contributed by atoms with van der Waals surface area (Å²) in [4.78, 5) is 0. The van der Waals surface area contributed by atoms with E-state index in [9.17, 15) is 9.77 Å². The van der Waals surface area contributed by atoms with Gasteiger partial charge in [-0.25, -0.2) is 0 Å². The molecule has 0 bridgehead atoms. The molecule has 19 heavy (non-hydrogen) atoms. The Morgan fingerprint density at radius 3 is 1.89 bits per heavy atom. The molecule has 1 fully saturated rings. The molecule has 1 unspecified atom stereocenters. The highest BCUT2D eigenvalue weighted by Gasteiger charge is 2.65. The van der Waals surface area contributed by atoms with Crippen molar-refractivity contribution in [2.75, 3.05) is 13.2 Å². The molecule has 1 rings (SSSR count). The third-order valence-electron chi connectivity index (χ3n) is 4.00. The van der Waals surface area contributed by atoms with Crippen molar-refractivity contribution in [2.45, 2.75) is 65.2 Å². The van der Waals surface area contributed by atoms with E-state index in [2.05, 4.69) is 0 Å². The molecule has 6 heteroatoms. The van der Waals surface area contributed by atoms with Gasteiger partial charge in [-0.15, -0.1) is 10.3 Å². The Labute approximate surface area is 116 Å². The third kappa shape index (κ3) is 2.64. The van der Waals surface area contributed by atoms with Gasteiger partial charge in [0.1, 0.15) is 0 Å². The van der Waals surface area contributed by atoms with E-state index < -0.39 is 18.4 Å². The fraction of sp³-hybridized carbons (Fsp3) is 1.00. The van der Waals surface area contributed by atoms with Crippen LogP contribution in [0.15, 0.2) is 0 Å². The summed E-state index contributed by atoms with van der Waals surface area (Å²) < 4.78 is 24.1. The van der Waals surface area contributed by atoms with E-state index in [0.29, 0.717) is 12.8 Å². The van der Waals surface area contributed by atoms with Crippen molar-refractivity contribution in [1.82, 2.24) is 5.06 Å². The van der Waals surface area contributed by atoms with Crippen molar-refractivity contribution in [3.05, 3.63) is 0 Å². The average Bonchev–Trinajstić information content (AvgIpc) is 2.53. The zero-order chi connectivity index (χ0) is 14.9. The van der Waals surface area contributed by atoms with Crippen LogP contribution >= 0.6 is 7.60 Å². The molecule has 1 aliphatic heterocycles. The van der Waals surface area contributed by atoms with Crippen LogP contribution in [0, 0.1) is 5.92 Å². The van der Waals surface area contributed by atoms with Gasteiger partial charge in [-0.1, -0.05) is 13.8 Å². The minimum Gasteiger partial charge on any atom is -0.308 e. The summed E-state index contributed by atoms with van der Waals surface area (Å²) in [6.07, 6.45) is 1.23. The molecule has 1 saturated heterocycles. The molecule has 1 atom stereocenters. The second kappa shape index (κ2) is 5.82. The maximum atomic E-state index is 13.2. The van der Waals surface area contributed by atoms with E-state index in [4.69, 9.17) is 9.05 Å². The van der Waals surface area contributed by atoms with Crippen LogP contribution in [0.4, 0.5) is 0 Å². The van der Waals surface area contributed by atoms with Crippen molar-refractivity contribution < 1.29 is 18.8 Å². The second-order valence-corrected chi connectivity index (χ2v) is 8.26. The molecule has 1 heterocycles. The summed E-state index contributed by atoms with van der Waals surface area (Å²) in [5, 5.41) is 12.7. The molecule has 0 aromatic heterocycles. The number of hydrogen-bond acceptors (Lipinski definition) is 4. The zero-order valence-corrected chi connectivity index (χ0v) is 13.8. The molecule has 1 aliphatic rings. The van der Waals surface area contributed by atoms with Gasteiger partial charge in [0, 0.05) is 5.54 Å². The van der Waals surface area contributed by atoms with Crippen LogP contribution in [0.2, 0.25) is 0 Å². The van der Waals surface area contributed by atoms with E-state index in [0.717, 1.165) is 5.06 Å². The van der Waals surface area contributed by atoms with Crippen molar-refractivity contribution >= 4 is 7.60 Å². The summed E-state index contributed by atoms with van der Waals surface area (Å²) in [5.41, 5.74) is -0.534. The summed E-state index contributed by atoms with van der Waals surface area (Å²) >= 11 is 0. The van der Waals surface area contributed by atoms with Crippen LogP contribution < -0.4 is 0 Å². The fourth-order valence-electron chi connectivity index (χ4n) is 2.91. The lowest BCUT2D eigenvalue weighted by atomic mass is 10.0. The SMILES string of the molecule is CCOP(=O)(OCC)C1(C(C)C)CCC(C)(C)N1[O]. The maximum Gasteiger partial charge on any atom is 0.353 e. The van der Waals surface area contributed by atoms with Gasteiger partial charge in [-0.2, -0.15) is 0 Å². The maximum absolute atomic E-state index is 13.2. The Bertz CT molecular complexity index is 349. The van der Waals surface area contributed by atoms with E-state index in [-0.39, 0.29) is 19.1 Å². The minimum atomic E-state index is -3.48. The van der Waals surface area contributed by atoms with E-state index in [1.54, 1.807) is 13.8 Å². The number of hydrogen-bond donors (Lipinski definition) is 0. The standard InChI is InChI=1S/C13H27NO4P/c1-7-17-19(16,18-8-2)13(11(3)4)10-9-12(5,6)14(13)15/h11H,7-10H2,1-6H3. The second-order valence-electron chi connectivity index (χ2n) is 5.97. The summed E-state index contributed by atoms with van der Waals surface area (Å²) in [6.45, 7) is 11.7. The molecule has 0 amide bonds. The van der Waals surface area contributed by atoms with Crippen molar-refractivity contribution in [3.63, 3.8) is 0 Å². The molecule has 0 aliphatic carbocycles. The quantitative estimate of drug-likeness (QED) is 0.698. The van der Waals surface area contributed by atoms with Crippen LogP contribution in [-0.4, -0.2) is 29.1 Å². The van der Waals surface area contributed by atoms with Gasteiger partial charge in [0.2, 0.25) is 0 Å². The number of nitrogens with zero attached hydrogens (tertiary/aromatic N) is 1. The summed E-state index contributed by atoms with van der Waals surface area (Å²) in [5.74, 6) is -0.101. The monoisotopic (exact) mass is 292 g/mol. The Kier molecular flexibility index (Phi) is 5.25. The van der Waals surface area contributed by atoms with Gasteiger partial charge in [0.15, 0.2) is 5.28 Å². The first-order chi connectivity index (χ1) is 8.68. The third-order valence-corrected chi connectivity index (χ3v) is 7.07. The largest absolute Gasteiger partial charge is 0.353 e. The molecule has 0 spiro atoms. The van der Waals surface area contributed by atoms with Gasteiger partial charge in [0.05, 0.1) is 13.2 Å². The Balaban J connectivity index is 3.30. The molecular formula is C13H27NO4P. The summed E-state index contributed by atoms with van der Waals surface area (Å²) in [7, 11) is -3.48. The Morgan fingerprint density at radius 2 is 1.63 bits per heavy atom. The van der Waals surface area contributed by atoms with Crippen molar-refractivity contribution in [3.8, 4) is 0 Å². The van der Waals surface area contributed by atoms with Crippen LogP contribution in [0.25, 0.3) is 0 Å². The predicted molar refractivity (Wildman–Crippen MR) is 74.3 cm³/mol. The van der Waals surface area contributed by atoms with Gasteiger partial charge < -0.3 is 9.05 Å². The molecule has 1 radical (unpaired) electrons. The molecular weight excluding hydrogens is 265 g/mol. The lowest BCUT2D eigenvalue weighted by Crippen LogP contribution is -2.52. The van der Waals surface area contributed by atoms with Gasteiger partial charge in [-0.3, -0.25) is 4.57 Å². The fourth-order valence-corrected chi connectivity index (χ4v) is 5.62. The van der Waals surface area contributed by atoms with Crippen molar-refractivity contribution in [2.24, 2.45) is 5.92 Å². The van der Waals surface area contributed by atoms with E-state index in [1.807, 2.05) is 27.7 Å². The topological polar surface area (TPSA) is 58.7 Å². The average molecular weight is 292 g/mol. The lowest BCUT2D eigenvalue weighted by Gasteiger charge is -2.43. The molecule has 5 nitrogen and oxygen atoms in total. The minimum absolute atomic E-state index is 0.101. The highest BCUT2D eigenvalue weighted by atomic mass is 31.2. The molecule has 0 saturated carbocycles. The van der Waals surface area contributed by atoms with Crippen LogP contribution in [0.3, 0.4) is 0 Å². The van der Waals surface area contributed by atoms with E-state index >= 15 is 0 Å². The lowest BCUT2D eigenvalue weighted by molar-refractivity contribution is -0.244.